The quantitative estimate of drug-likeness (QED) is 0.763. The van der Waals surface area contributed by atoms with Gasteiger partial charge in [0.1, 0.15) is 6.10 Å². The minimum absolute atomic E-state index is 0.0769. The first-order valence-corrected chi connectivity index (χ1v) is 8.13. The van der Waals surface area contributed by atoms with Crippen molar-refractivity contribution in [3.05, 3.63) is 0 Å². The summed E-state index contributed by atoms with van der Waals surface area (Å²) in [5, 5.41) is 19.0. The highest BCUT2D eigenvalue weighted by Gasteiger charge is 2.50. The second kappa shape index (κ2) is 5.23. The van der Waals surface area contributed by atoms with E-state index in [0.717, 1.165) is 17.9 Å². The summed E-state index contributed by atoms with van der Waals surface area (Å²) >= 11 is 3.65. The fraction of sp³-hybridized carbons (Fsp3) is 0.917. The lowest BCUT2D eigenvalue weighted by Gasteiger charge is -2.44. The maximum atomic E-state index is 11.8. The van der Waals surface area contributed by atoms with Gasteiger partial charge < -0.3 is 14.9 Å². The number of cyclic esters (lactones) is 1. The molecule has 2 aliphatic rings. The molecule has 0 bridgehead atoms. The summed E-state index contributed by atoms with van der Waals surface area (Å²) in [6, 6.07) is 0. The Kier molecular flexibility index (Phi) is 4.21. The van der Waals surface area contributed by atoms with Crippen LogP contribution in [0.5, 0.6) is 0 Å². The van der Waals surface area contributed by atoms with Gasteiger partial charge in [0.05, 0.1) is 23.2 Å². The van der Waals surface area contributed by atoms with Crippen LogP contribution >= 0.6 is 23.5 Å². The van der Waals surface area contributed by atoms with E-state index < -0.39 is 11.5 Å². The van der Waals surface area contributed by atoms with Crippen LogP contribution in [0.2, 0.25) is 0 Å². The Bertz CT molecular complexity index is 326. The Labute approximate surface area is 116 Å². The lowest BCUT2D eigenvalue weighted by molar-refractivity contribution is -0.169. The molecule has 2 rings (SSSR count). The fourth-order valence-electron chi connectivity index (χ4n) is 2.40. The smallest absolute Gasteiger partial charge is 0.308 e. The van der Waals surface area contributed by atoms with Crippen LogP contribution in [0, 0.1) is 5.41 Å². The summed E-state index contributed by atoms with van der Waals surface area (Å²) in [6.07, 6.45) is -0.0109. The molecule has 0 aliphatic carbocycles. The SMILES string of the molecule is CC(C)(C(O)CO)C1CC2(CC(=O)O1)SCCS2. The number of ether oxygens (including phenoxy) is 1. The standard InChI is InChI=1S/C12H20O4S2/c1-11(2,8(14)7-13)9-5-12(6-10(15)16-9)17-3-4-18-12/h8-9,13-14H,3-7H2,1-2H3. The highest BCUT2D eigenvalue weighted by Crippen LogP contribution is 2.54. The van der Waals surface area contributed by atoms with E-state index >= 15 is 0 Å². The van der Waals surface area contributed by atoms with Gasteiger partial charge in [-0.1, -0.05) is 13.8 Å². The van der Waals surface area contributed by atoms with Crippen LogP contribution in [0.4, 0.5) is 0 Å². The van der Waals surface area contributed by atoms with Crippen LogP contribution in [0.15, 0.2) is 0 Å². The van der Waals surface area contributed by atoms with Gasteiger partial charge in [0.25, 0.3) is 0 Å². The molecule has 2 atom stereocenters. The number of esters is 1. The summed E-state index contributed by atoms with van der Waals surface area (Å²) in [5.74, 6) is 1.94. The number of carbonyl (C=O) groups is 1. The average molecular weight is 292 g/mol. The van der Waals surface area contributed by atoms with Gasteiger partial charge in [-0.25, -0.2) is 0 Å². The highest BCUT2D eigenvalue weighted by molar-refractivity contribution is 8.21. The van der Waals surface area contributed by atoms with E-state index in [2.05, 4.69) is 0 Å². The highest BCUT2D eigenvalue weighted by atomic mass is 32.2. The molecule has 4 nitrogen and oxygen atoms in total. The van der Waals surface area contributed by atoms with Crippen molar-refractivity contribution in [2.24, 2.45) is 5.41 Å². The zero-order chi connectivity index (χ0) is 13.4. The van der Waals surface area contributed by atoms with Crippen molar-refractivity contribution in [2.75, 3.05) is 18.1 Å². The maximum Gasteiger partial charge on any atom is 0.308 e. The van der Waals surface area contributed by atoms with Crippen molar-refractivity contribution < 1.29 is 19.7 Å². The van der Waals surface area contributed by atoms with E-state index in [-0.39, 0.29) is 22.8 Å². The number of rotatable bonds is 3. The Balaban J connectivity index is 2.15. The number of hydrogen-bond donors (Lipinski definition) is 2. The molecule has 0 aromatic rings. The predicted octanol–water partition coefficient (Wildman–Crippen LogP) is 1.25. The van der Waals surface area contributed by atoms with E-state index in [1.54, 1.807) is 0 Å². The molecule has 18 heavy (non-hydrogen) atoms. The molecule has 2 unspecified atom stereocenters. The molecule has 104 valence electrons. The average Bonchev–Trinajstić information content (AvgIpc) is 2.74. The molecule has 2 aliphatic heterocycles. The van der Waals surface area contributed by atoms with E-state index in [1.165, 1.54) is 0 Å². The van der Waals surface area contributed by atoms with Crippen LogP contribution in [0.25, 0.3) is 0 Å². The van der Waals surface area contributed by atoms with Crippen LogP contribution in [-0.4, -0.2) is 50.6 Å². The van der Waals surface area contributed by atoms with E-state index in [4.69, 9.17) is 9.84 Å². The minimum Gasteiger partial charge on any atom is -0.462 e. The van der Waals surface area contributed by atoms with Crippen molar-refractivity contribution in [3.8, 4) is 0 Å². The molecule has 2 N–H and O–H groups in total. The zero-order valence-electron chi connectivity index (χ0n) is 10.7. The monoisotopic (exact) mass is 292 g/mol. The van der Waals surface area contributed by atoms with Crippen molar-refractivity contribution in [1.29, 1.82) is 0 Å². The van der Waals surface area contributed by atoms with Gasteiger partial charge in [0.15, 0.2) is 0 Å². The number of hydrogen-bond acceptors (Lipinski definition) is 6. The third-order valence-corrected chi connectivity index (χ3v) is 7.32. The normalized spacial score (nSPS) is 29.3. The Morgan fingerprint density at radius 3 is 2.67 bits per heavy atom. The van der Waals surface area contributed by atoms with Gasteiger partial charge in [-0.2, -0.15) is 0 Å². The largest absolute Gasteiger partial charge is 0.462 e. The zero-order valence-corrected chi connectivity index (χ0v) is 12.4. The summed E-state index contributed by atoms with van der Waals surface area (Å²) < 4.78 is 5.35. The minimum atomic E-state index is -0.873. The molecule has 2 heterocycles. The van der Waals surface area contributed by atoms with Crippen LogP contribution < -0.4 is 0 Å². The van der Waals surface area contributed by atoms with Crippen molar-refractivity contribution in [3.63, 3.8) is 0 Å². The summed E-state index contributed by atoms with van der Waals surface area (Å²) in [7, 11) is 0. The van der Waals surface area contributed by atoms with Crippen LogP contribution in [-0.2, 0) is 9.53 Å². The van der Waals surface area contributed by atoms with Crippen LogP contribution in [0.1, 0.15) is 26.7 Å². The topological polar surface area (TPSA) is 66.8 Å². The van der Waals surface area contributed by atoms with Gasteiger partial charge in [0.2, 0.25) is 0 Å². The van der Waals surface area contributed by atoms with Gasteiger partial charge in [-0.15, -0.1) is 23.5 Å². The lowest BCUT2D eigenvalue weighted by atomic mass is 9.78. The molecule has 2 fully saturated rings. The Morgan fingerprint density at radius 1 is 1.50 bits per heavy atom. The molecule has 0 radical (unpaired) electrons. The third-order valence-electron chi connectivity index (χ3n) is 3.86. The van der Waals surface area contributed by atoms with Gasteiger partial charge in [-0.3, -0.25) is 4.79 Å². The molecule has 2 saturated heterocycles. The maximum absolute atomic E-state index is 11.8. The van der Waals surface area contributed by atoms with Crippen molar-refractivity contribution in [2.45, 2.75) is 43.0 Å². The molecule has 1 spiro atoms. The number of aliphatic hydroxyl groups is 2. The van der Waals surface area contributed by atoms with Gasteiger partial charge >= 0.3 is 5.97 Å². The van der Waals surface area contributed by atoms with Crippen LogP contribution in [0.3, 0.4) is 0 Å². The first-order valence-electron chi connectivity index (χ1n) is 6.16. The van der Waals surface area contributed by atoms with Crippen molar-refractivity contribution in [1.82, 2.24) is 0 Å². The van der Waals surface area contributed by atoms with E-state index in [0.29, 0.717) is 6.42 Å². The molecular formula is C12H20O4S2. The third kappa shape index (κ3) is 2.66. The fourth-order valence-corrected chi connectivity index (χ4v) is 5.62. The second-order valence-electron chi connectivity index (χ2n) is 5.49. The first-order chi connectivity index (χ1) is 8.39. The summed E-state index contributed by atoms with van der Waals surface area (Å²) in [6.45, 7) is 3.37. The second-order valence-corrected chi connectivity index (χ2v) is 8.70. The molecule has 6 heteroatoms. The van der Waals surface area contributed by atoms with Crippen molar-refractivity contribution >= 4 is 29.5 Å². The summed E-state index contributed by atoms with van der Waals surface area (Å²) in [4.78, 5) is 11.8. The van der Waals surface area contributed by atoms with Gasteiger partial charge in [-0.05, 0) is 0 Å². The Hall–Kier alpha value is 0.0900. The van der Waals surface area contributed by atoms with E-state index in [9.17, 15) is 9.90 Å². The molecule has 0 aromatic heterocycles. The predicted molar refractivity (Wildman–Crippen MR) is 73.6 cm³/mol. The summed E-state index contributed by atoms with van der Waals surface area (Å²) in [5.41, 5.74) is -0.623. The number of carbonyl (C=O) groups excluding carboxylic acids is 1. The van der Waals surface area contributed by atoms with E-state index in [1.807, 2.05) is 37.4 Å². The first kappa shape index (κ1) is 14.5. The lowest BCUT2D eigenvalue weighted by Crippen LogP contribution is -2.50. The number of thioether (sulfide) groups is 2. The number of aliphatic hydroxyl groups excluding tert-OH is 2. The Morgan fingerprint density at radius 2 is 2.11 bits per heavy atom. The molecule has 0 aromatic carbocycles. The van der Waals surface area contributed by atoms with Gasteiger partial charge in [0, 0.05) is 23.3 Å². The molecular weight excluding hydrogens is 272 g/mol. The molecule has 0 amide bonds. The molecule has 0 saturated carbocycles.